The number of hydrogen-bond donors (Lipinski definition) is 1. The quantitative estimate of drug-likeness (QED) is 0.762. The third-order valence-electron chi connectivity index (χ3n) is 3.38. The number of rotatable bonds is 8. The summed E-state index contributed by atoms with van der Waals surface area (Å²) in [5.74, 6) is -0.137. The van der Waals surface area contributed by atoms with Crippen LogP contribution in [0.4, 0.5) is 10.1 Å². The van der Waals surface area contributed by atoms with Gasteiger partial charge in [-0.05, 0) is 31.9 Å². The summed E-state index contributed by atoms with van der Waals surface area (Å²) in [5, 5.41) is 3.51. The van der Waals surface area contributed by atoms with Gasteiger partial charge in [-0.2, -0.15) is 0 Å². The lowest BCUT2D eigenvalue weighted by molar-refractivity contribution is 0.486. The standard InChI is InChI=1S/C15H25FN2/c1-4-13(5-2)17-11-12-18(6-3)15-10-8-7-9-14(15)16/h7-10,13,17H,4-6,11-12H2,1-3H3. The number of hydrogen-bond acceptors (Lipinski definition) is 2. The highest BCUT2D eigenvalue weighted by atomic mass is 19.1. The van der Waals surface area contributed by atoms with E-state index in [2.05, 4.69) is 31.0 Å². The van der Waals surface area contributed by atoms with Gasteiger partial charge in [-0.3, -0.25) is 0 Å². The lowest BCUT2D eigenvalue weighted by Gasteiger charge is -2.25. The van der Waals surface area contributed by atoms with E-state index in [0.717, 1.165) is 32.5 Å². The van der Waals surface area contributed by atoms with E-state index in [-0.39, 0.29) is 5.82 Å². The highest BCUT2D eigenvalue weighted by molar-refractivity contribution is 5.47. The molecule has 102 valence electrons. The average Bonchev–Trinajstić information content (AvgIpc) is 2.40. The van der Waals surface area contributed by atoms with Crippen LogP contribution in [-0.4, -0.2) is 25.7 Å². The van der Waals surface area contributed by atoms with E-state index in [9.17, 15) is 4.39 Å². The smallest absolute Gasteiger partial charge is 0.146 e. The second-order valence-corrected chi connectivity index (χ2v) is 4.50. The van der Waals surface area contributed by atoms with Crippen molar-refractivity contribution >= 4 is 5.69 Å². The fourth-order valence-electron chi connectivity index (χ4n) is 2.14. The zero-order valence-electron chi connectivity index (χ0n) is 11.7. The third-order valence-corrected chi connectivity index (χ3v) is 3.38. The molecule has 0 aliphatic heterocycles. The number of nitrogens with one attached hydrogen (secondary N) is 1. The van der Waals surface area contributed by atoms with E-state index in [1.54, 1.807) is 6.07 Å². The number of likely N-dealkylation sites (N-methyl/N-ethyl adjacent to an activating group) is 1. The van der Waals surface area contributed by atoms with Crippen LogP contribution in [0.5, 0.6) is 0 Å². The largest absolute Gasteiger partial charge is 0.368 e. The molecule has 0 heterocycles. The molecule has 2 nitrogen and oxygen atoms in total. The van der Waals surface area contributed by atoms with Crippen LogP contribution in [0.3, 0.4) is 0 Å². The minimum atomic E-state index is -0.137. The molecule has 0 amide bonds. The molecule has 0 saturated carbocycles. The van der Waals surface area contributed by atoms with Crippen LogP contribution >= 0.6 is 0 Å². The van der Waals surface area contributed by atoms with Gasteiger partial charge in [0.25, 0.3) is 0 Å². The summed E-state index contributed by atoms with van der Waals surface area (Å²) in [7, 11) is 0. The molecule has 0 fully saturated rings. The van der Waals surface area contributed by atoms with E-state index < -0.39 is 0 Å². The van der Waals surface area contributed by atoms with Gasteiger partial charge in [0.15, 0.2) is 0 Å². The Labute approximate surface area is 110 Å². The normalized spacial score (nSPS) is 10.9. The average molecular weight is 252 g/mol. The summed E-state index contributed by atoms with van der Waals surface area (Å²) in [4.78, 5) is 2.07. The predicted molar refractivity (Wildman–Crippen MR) is 76.7 cm³/mol. The summed E-state index contributed by atoms with van der Waals surface area (Å²) in [6.07, 6.45) is 2.28. The Morgan fingerprint density at radius 2 is 1.83 bits per heavy atom. The molecule has 18 heavy (non-hydrogen) atoms. The topological polar surface area (TPSA) is 15.3 Å². The van der Waals surface area contributed by atoms with Crippen LogP contribution in [0.1, 0.15) is 33.6 Å². The highest BCUT2D eigenvalue weighted by Crippen LogP contribution is 2.17. The molecule has 0 atom stereocenters. The van der Waals surface area contributed by atoms with Gasteiger partial charge in [0, 0.05) is 25.7 Å². The van der Waals surface area contributed by atoms with Crippen molar-refractivity contribution in [2.45, 2.75) is 39.7 Å². The van der Waals surface area contributed by atoms with Crippen molar-refractivity contribution in [2.75, 3.05) is 24.5 Å². The van der Waals surface area contributed by atoms with Crippen molar-refractivity contribution in [3.05, 3.63) is 30.1 Å². The third kappa shape index (κ3) is 4.30. The molecule has 0 radical (unpaired) electrons. The Morgan fingerprint density at radius 1 is 1.17 bits per heavy atom. The minimum Gasteiger partial charge on any atom is -0.368 e. The van der Waals surface area contributed by atoms with Gasteiger partial charge in [0.05, 0.1) is 5.69 Å². The van der Waals surface area contributed by atoms with Gasteiger partial charge in [-0.15, -0.1) is 0 Å². The maximum Gasteiger partial charge on any atom is 0.146 e. The first kappa shape index (κ1) is 15.0. The van der Waals surface area contributed by atoms with Gasteiger partial charge in [-0.1, -0.05) is 26.0 Å². The number of benzene rings is 1. The molecule has 0 aromatic heterocycles. The van der Waals surface area contributed by atoms with Gasteiger partial charge < -0.3 is 10.2 Å². The van der Waals surface area contributed by atoms with E-state index in [4.69, 9.17) is 0 Å². The maximum atomic E-state index is 13.7. The molecular weight excluding hydrogens is 227 g/mol. The molecule has 3 heteroatoms. The van der Waals surface area contributed by atoms with Crippen molar-refractivity contribution in [2.24, 2.45) is 0 Å². The highest BCUT2D eigenvalue weighted by Gasteiger charge is 2.09. The first-order valence-electron chi connectivity index (χ1n) is 6.95. The number of anilines is 1. The Hall–Kier alpha value is -1.09. The van der Waals surface area contributed by atoms with Crippen LogP contribution in [0, 0.1) is 5.82 Å². The summed E-state index contributed by atoms with van der Waals surface area (Å²) in [5.41, 5.74) is 0.700. The lowest BCUT2D eigenvalue weighted by atomic mass is 10.2. The summed E-state index contributed by atoms with van der Waals surface area (Å²) in [6.45, 7) is 9.00. The Morgan fingerprint density at radius 3 is 2.39 bits per heavy atom. The SMILES string of the molecule is CCC(CC)NCCN(CC)c1ccccc1F. The molecule has 0 unspecified atom stereocenters. The molecule has 0 bridgehead atoms. The number of nitrogens with zero attached hydrogens (tertiary/aromatic N) is 1. The zero-order valence-corrected chi connectivity index (χ0v) is 11.7. The van der Waals surface area contributed by atoms with Gasteiger partial charge in [-0.25, -0.2) is 4.39 Å². The summed E-state index contributed by atoms with van der Waals surface area (Å²) >= 11 is 0. The van der Waals surface area contributed by atoms with E-state index in [1.165, 1.54) is 6.07 Å². The van der Waals surface area contributed by atoms with Crippen molar-refractivity contribution < 1.29 is 4.39 Å². The number of para-hydroxylation sites is 1. The Balaban J connectivity index is 2.50. The zero-order chi connectivity index (χ0) is 13.4. The van der Waals surface area contributed by atoms with E-state index in [1.807, 2.05) is 12.1 Å². The van der Waals surface area contributed by atoms with Crippen LogP contribution in [0.25, 0.3) is 0 Å². The molecule has 0 spiro atoms. The fraction of sp³-hybridized carbons (Fsp3) is 0.600. The molecule has 0 aliphatic carbocycles. The molecular formula is C15H25FN2. The summed E-state index contributed by atoms with van der Waals surface area (Å²) in [6, 6.07) is 7.55. The van der Waals surface area contributed by atoms with Crippen molar-refractivity contribution in [3.63, 3.8) is 0 Å². The Bertz CT molecular complexity index is 337. The molecule has 0 aliphatic rings. The van der Waals surface area contributed by atoms with Crippen LogP contribution in [0.15, 0.2) is 24.3 Å². The first-order chi connectivity index (χ1) is 8.72. The van der Waals surface area contributed by atoms with E-state index >= 15 is 0 Å². The first-order valence-corrected chi connectivity index (χ1v) is 6.95. The van der Waals surface area contributed by atoms with Crippen LogP contribution in [0.2, 0.25) is 0 Å². The van der Waals surface area contributed by atoms with Gasteiger partial charge in [0.1, 0.15) is 5.82 Å². The van der Waals surface area contributed by atoms with Crippen LogP contribution < -0.4 is 10.2 Å². The van der Waals surface area contributed by atoms with Crippen molar-refractivity contribution in [1.29, 1.82) is 0 Å². The molecule has 0 saturated heterocycles. The lowest BCUT2D eigenvalue weighted by Crippen LogP contribution is -2.37. The fourth-order valence-corrected chi connectivity index (χ4v) is 2.14. The second-order valence-electron chi connectivity index (χ2n) is 4.50. The number of halogens is 1. The van der Waals surface area contributed by atoms with Crippen molar-refractivity contribution in [1.82, 2.24) is 5.32 Å². The maximum absolute atomic E-state index is 13.7. The minimum absolute atomic E-state index is 0.137. The second kappa shape index (κ2) is 8.09. The predicted octanol–water partition coefficient (Wildman–Crippen LogP) is 3.43. The Kier molecular flexibility index (Phi) is 6.73. The van der Waals surface area contributed by atoms with Crippen molar-refractivity contribution in [3.8, 4) is 0 Å². The van der Waals surface area contributed by atoms with E-state index in [0.29, 0.717) is 11.7 Å². The summed E-state index contributed by atoms with van der Waals surface area (Å²) < 4.78 is 13.7. The monoisotopic (exact) mass is 252 g/mol. The molecule has 1 N–H and O–H groups in total. The van der Waals surface area contributed by atoms with Crippen LogP contribution in [-0.2, 0) is 0 Å². The molecule has 1 aromatic rings. The van der Waals surface area contributed by atoms with Gasteiger partial charge >= 0.3 is 0 Å². The molecule has 1 rings (SSSR count). The van der Waals surface area contributed by atoms with Gasteiger partial charge in [0.2, 0.25) is 0 Å². The molecule has 1 aromatic carbocycles.